The number of amides is 1. The van der Waals surface area contributed by atoms with Crippen molar-refractivity contribution in [2.75, 3.05) is 18.6 Å². The molecule has 8 N–H and O–H groups in total. The van der Waals surface area contributed by atoms with Crippen LogP contribution in [0, 0.1) is 49.2 Å². The van der Waals surface area contributed by atoms with Gasteiger partial charge in [0.15, 0.2) is 34.2 Å². The summed E-state index contributed by atoms with van der Waals surface area (Å²) < 4.78 is 43.0. The van der Waals surface area contributed by atoms with Crippen LogP contribution in [0.15, 0.2) is 69.7 Å². The maximum Gasteiger partial charge on any atom is 0.358 e. The Morgan fingerprint density at radius 3 is 1.52 bits per heavy atom. The van der Waals surface area contributed by atoms with Crippen molar-refractivity contribution in [3.63, 3.8) is 0 Å². The summed E-state index contributed by atoms with van der Waals surface area (Å²) >= 11 is 0. The number of nitrogens with zero attached hydrogens (tertiary/aromatic N) is 6. The van der Waals surface area contributed by atoms with E-state index in [0.717, 1.165) is 12.1 Å². The molecule has 0 saturated carbocycles. The van der Waals surface area contributed by atoms with Crippen LogP contribution < -0.4 is 17.2 Å². The van der Waals surface area contributed by atoms with Crippen LogP contribution in [0.4, 0.5) is 20.2 Å². The molecule has 2 atom stereocenters. The molecule has 0 aliphatic heterocycles. The summed E-state index contributed by atoms with van der Waals surface area (Å²) in [5.74, 6) is 8.52. The molecule has 0 saturated heterocycles. The van der Waals surface area contributed by atoms with Crippen LogP contribution in [0.2, 0.25) is 0 Å². The van der Waals surface area contributed by atoms with E-state index in [-0.39, 0.29) is 53.2 Å². The topological polar surface area (TPSA) is 266 Å². The monoisotopic (exact) mass is 793 g/mol. The summed E-state index contributed by atoms with van der Waals surface area (Å²) in [5.41, 5.74) is 14.0. The molecule has 0 spiro atoms. The lowest BCUT2D eigenvalue weighted by Crippen LogP contribution is -2.20. The first-order valence-electron chi connectivity index (χ1n) is 16.5. The van der Waals surface area contributed by atoms with E-state index in [0.29, 0.717) is 34.0 Å². The predicted molar refractivity (Wildman–Crippen MR) is 206 cm³/mol. The lowest BCUT2D eigenvalue weighted by molar-refractivity contribution is 0.0595. The van der Waals surface area contributed by atoms with E-state index >= 15 is 0 Å². The maximum atomic E-state index is 14.4. The standard InChI is InChI=1S/C20H17FN4O4.C19H16FN5O3.CH4/c1-11-23-19(25-29-11)20(2,27)8-7-12-5-4-6-13(9-12)16-14(21)10-15(22)17(24-16)18(26)28-3;1-10-23-18(25-28-10)19(2,27)7-6-11-4-3-5-12(8-11)15-13(20)9-14(21)16(24-15)17(22)26;/h4-6,9-10,27H,22H2,1-3H3;3-5,8-9,27H,21H2,1-2H3,(H2,22,26);1H4/t20-;19-;/m11./s1. The number of nitrogen functional groups attached to an aromatic ring is 2. The molecule has 4 aromatic heterocycles. The van der Waals surface area contributed by atoms with Crippen LogP contribution in [0.1, 0.15) is 76.8 Å². The number of aliphatic hydroxyl groups is 2. The number of aryl methyl sites for hydroxylation is 2. The molecule has 4 heterocycles. The Morgan fingerprint density at radius 1 is 0.724 bits per heavy atom. The van der Waals surface area contributed by atoms with Crippen molar-refractivity contribution in [1.29, 1.82) is 0 Å². The van der Waals surface area contributed by atoms with Gasteiger partial charge in [-0.2, -0.15) is 9.97 Å². The first-order valence-corrected chi connectivity index (χ1v) is 16.5. The number of methoxy groups -OCH3 is 1. The van der Waals surface area contributed by atoms with Gasteiger partial charge >= 0.3 is 5.97 Å². The molecule has 6 aromatic rings. The van der Waals surface area contributed by atoms with E-state index in [2.05, 4.69) is 58.7 Å². The minimum Gasteiger partial charge on any atom is -0.464 e. The quantitative estimate of drug-likeness (QED) is 0.116. The molecule has 6 rings (SSSR count). The number of aromatic nitrogens is 6. The third kappa shape index (κ3) is 10.0. The zero-order valence-electron chi connectivity index (χ0n) is 30.9. The molecular formula is C40H37F2N9O7. The van der Waals surface area contributed by atoms with Gasteiger partial charge < -0.3 is 41.2 Å². The summed E-state index contributed by atoms with van der Waals surface area (Å²) in [4.78, 5) is 39.1. The third-order valence-electron chi connectivity index (χ3n) is 7.72. The van der Waals surface area contributed by atoms with Gasteiger partial charge in [0.1, 0.15) is 11.4 Å². The molecule has 2 aromatic carbocycles. The third-order valence-corrected chi connectivity index (χ3v) is 7.72. The smallest absolute Gasteiger partial charge is 0.358 e. The Morgan fingerprint density at radius 2 is 1.14 bits per heavy atom. The number of hydrogen-bond donors (Lipinski definition) is 5. The van der Waals surface area contributed by atoms with Crippen LogP contribution in [0.25, 0.3) is 22.5 Å². The van der Waals surface area contributed by atoms with E-state index in [9.17, 15) is 28.6 Å². The van der Waals surface area contributed by atoms with Gasteiger partial charge in [-0.3, -0.25) is 4.79 Å². The summed E-state index contributed by atoms with van der Waals surface area (Å²) in [6, 6.07) is 14.9. The van der Waals surface area contributed by atoms with Gasteiger partial charge in [0, 0.05) is 48.2 Å². The van der Waals surface area contributed by atoms with Gasteiger partial charge in [0.05, 0.1) is 18.5 Å². The van der Waals surface area contributed by atoms with E-state index < -0.39 is 34.7 Å². The van der Waals surface area contributed by atoms with E-state index in [1.165, 1.54) is 21.0 Å². The fourth-order valence-electron chi connectivity index (χ4n) is 4.85. The lowest BCUT2D eigenvalue weighted by atomic mass is 10.0. The Kier molecular flexibility index (Phi) is 13.0. The summed E-state index contributed by atoms with van der Waals surface area (Å²) in [6.45, 7) is 6.05. The average molecular weight is 794 g/mol. The van der Waals surface area contributed by atoms with Gasteiger partial charge in [-0.15, -0.1) is 0 Å². The van der Waals surface area contributed by atoms with Gasteiger partial charge in [-0.1, -0.05) is 65.7 Å². The van der Waals surface area contributed by atoms with Crippen LogP contribution in [0.5, 0.6) is 0 Å². The van der Waals surface area contributed by atoms with Crippen LogP contribution in [0.3, 0.4) is 0 Å². The number of anilines is 2. The highest BCUT2D eigenvalue weighted by Gasteiger charge is 2.27. The molecule has 1 amide bonds. The van der Waals surface area contributed by atoms with E-state index in [1.807, 2.05) is 0 Å². The van der Waals surface area contributed by atoms with Gasteiger partial charge in [-0.05, 0) is 38.1 Å². The number of carbonyl (C=O) groups is 2. The molecule has 0 fully saturated rings. The molecule has 0 aliphatic carbocycles. The molecule has 18 heteroatoms. The van der Waals surface area contributed by atoms with Crippen LogP contribution in [-0.2, 0) is 15.9 Å². The molecular weight excluding hydrogens is 756 g/mol. The minimum absolute atomic E-state index is 0. The SMILES string of the molecule is C.COC(=O)c1nc(-c2cccc(C#C[C@@](C)(O)c3noc(C)n3)c2)c(F)cc1N.Cc1nc([C@](C)(O)C#Cc2cccc(-c3nc(C(N)=O)c(N)cc3F)c2)no1. The number of rotatable bonds is 6. The van der Waals surface area contributed by atoms with Gasteiger partial charge in [0.25, 0.3) is 5.91 Å². The second kappa shape index (κ2) is 17.5. The first-order chi connectivity index (χ1) is 26.9. The van der Waals surface area contributed by atoms with Crippen molar-refractivity contribution >= 4 is 23.3 Å². The number of esters is 1. The van der Waals surface area contributed by atoms with Crippen molar-refractivity contribution in [3.05, 3.63) is 118 Å². The molecule has 58 heavy (non-hydrogen) atoms. The first kappa shape index (κ1) is 43.2. The van der Waals surface area contributed by atoms with Crippen LogP contribution in [-0.4, -0.2) is 59.4 Å². The second-order valence-corrected chi connectivity index (χ2v) is 12.4. The average Bonchev–Trinajstić information content (AvgIpc) is 3.82. The largest absolute Gasteiger partial charge is 0.464 e. The number of hydrogen-bond acceptors (Lipinski definition) is 15. The second-order valence-electron chi connectivity index (χ2n) is 12.4. The molecule has 0 radical (unpaired) electrons. The number of pyridine rings is 2. The Balaban J connectivity index is 0.000000252. The fraction of sp³-hybridized carbons (Fsp3) is 0.200. The maximum absolute atomic E-state index is 14.4. The lowest BCUT2D eigenvalue weighted by Gasteiger charge is -2.10. The molecule has 0 unspecified atom stereocenters. The zero-order chi connectivity index (χ0) is 41.7. The van der Waals surface area contributed by atoms with Crippen molar-refractivity contribution in [2.45, 2.75) is 46.3 Å². The van der Waals surface area contributed by atoms with Crippen molar-refractivity contribution < 1.29 is 42.4 Å². The van der Waals surface area contributed by atoms with Gasteiger partial charge in [-0.25, -0.2) is 23.5 Å². The zero-order valence-corrected chi connectivity index (χ0v) is 30.9. The molecule has 0 bridgehead atoms. The summed E-state index contributed by atoms with van der Waals surface area (Å²) in [7, 11) is 1.18. The Bertz CT molecular complexity index is 2630. The van der Waals surface area contributed by atoms with E-state index in [4.69, 9.17) is 26.2 Å². The number of carbonyl (C=O) groups excluding carboxylic acids is 2. The Labute approximate surface area is 330 Å². The van der Waals surface area contributed by atoms with Gasteiger partial charge in [0.2, 0.25) is 23.4 Å². The highest BCUT2D eigenvalue weighted by molar-refractivity contribution is 5.96. The number of halogens is 2. The number of primary amides is 1. The fourth-order valence-corrected chi connectivity index (χ4v) is 4.85. The molecule has 16 nitrogen and oxygen atoms in total. The van der Waals surface area contributed by atoms with E-state index in [1.54, 1.807) is 62.4 Å². The Hall–Kier alpha value is -7.54. The highest BCUT2D eigenvalue weighted by atomic mass is 19.1. The molecule has 0 aliphatic rings. The number of nitrogens with two attached hydrogens (primary N) is 3. The number of ether oxygens (including phenoxy) is 1. The van der Waals surface area contributed by atoms with Crippen molar-refractivity contribution in [3.8, 4) is 46.2 Å². The minimum atomic E-state index is -1.64. The normalized spacial score (nSPS) is 12.4. The summed E-state index contributed by atoms with van der Waals surface area (Å²) in [6.07, 6.45) is 0. The molecule has 298 valence electrons. The van der Waals surface area contributed by atoms with Crippen LogP contribution >= 0.6 is 0 Å². The summed E-state index contributed by atoms with van der Waals surface area (Å²) in [5, 5.41) is 28.2. The van der Waals surface area contributed by atoms with Crippen molar-refractivity contribution in [1.82, 2.24) is 30.2 Å². The number of benzene rings is 2. The van der Waals surface area contributed by atoms with Crippen molar-refractivity contribution in [2.24, 2.45) is 5.73 Å². The predicted octanol–water partition coefficient (Wildman–Crippen LogP) is 4.36. The highest BCUT2D eigenvalue weighted by Crippen LogP contribution is 2.27.